The Morgan fingerprint density at radius 2 is 1.10 bits per heavy atom. The van der Waals surface area contributed by atoms with Crippen molar-refractivity contribution in [1.29, 1.82) is 0 Å². The molecule has 11 rings (SSSR count). The lowest BCUT2D eigenvalue weighted by Gasteiger charge is -2.39. The number of hydrogen-bond acceptors (Lipinski definition) is 4. The molecule has 0 radical (unpaired) electrons. The number of rotatable bonds is 3. The van der Waals surface area contributed by atoms with Crippen molar-refractivity contribution in [2.45, 2.75) is 5.41 Å². The van der Waals surface area contributed by atoms with Crippen LogP contribution < -0.4 is 4.74 Å². The molecule has 3 nitrogen and oxygen atoms in total. The highest BCUT2D eigenvalue weighted by Crippen LogP contribution is 2.62. The van der Waals surface area contributed by atoms with Crippen LogP contribution in [0.2, 0.25) is 0 Å². The Hall–Kier alpha value is -6.36. The van der Waals surface area contributed by atoms with E-state index in [4.69, 9.17) is 14.7 Å². The average Bonchev–Trinajstić information content (AvgIpc) is 3.72. The van der Waals surface area contributed by atoms with Crippen LogP contribution in [0.1, 0.15) is 22.3 Å². The fourth-order valence-electron chi connectivity index (χ4n) is 8.39. The van der Waals surface area contributed by atoms with Gasteiger partial charge in [0, 0.05) is 32.3 Å². The highest BCUT2D eigenvalue weighted by Gasteiger charge is 2.51. The molecule has 0 atom stereocenters. The van der Waals surface area contributed by atoms with Crippen LogP contribution in [0, 0.1) is 0 Å². The molecule has 0 fully saturated rings. The number of thiophene rings is 1. The van der Waals surface area contributed by atoms with Gasteiger partial charge in [-0.2, -0.15) is 0 Å². The molecule has 238 valence electrons. The van der Waals surface area contributed by atoms with Crippen LogP contribution in [0.15, 0.2) is 170 Å². The second-order valence-electron chi connectivity index (χ2n) is 13.3. The first-order chi connectivity index (χ1) is 25.3. The van der Waals surface area contributed by atoms with Gasteiger partial charge in [0.2, 0.25) is 0 Å². The fraction of sp³-hybridized carbons (Fsp3) is 0.0213. The van der Waals surface area contributed by atoms with E-state index in [9.17, 15) is 0 Å². The summed E-state index contributed by atoms with van der Waals surface area (Å²) >= 11 is 1.77. The number of para-hydroxylation sites is 2. The van der Waals surface area contributed by atoms with Crippen LogP contribution in [-0.4, -0.2) is 9.97 Å². The van der Waals surface area contributed by atoms with Gasteiger partial charge in [-0.25, -0.2) is 9.97 Å². The predicted molar refractivity (Wildman–Crippen MR) is 209 cm³/mol. The molecule has 1 spiro atoms. The van der Waals surface area contributed by atoms with Crippen LogP contribution >= 0.6 is 11.3 Å². The summed E-state index contributed by atoms with van der Waals surface area (Å²) in [5.41, 5.74) is 13.1. The van der Waals surface area contributed by atoms with E-state index in [2.05, 4.69) is 170 Å². The number of fused-ring (bicyclic) bond motifs is 12. The topological polar surface area (TPSA) is 35.0 Å². The fourth-order valence-corrected chi connectivity index (χ4v) is 9.54. The second-order valence-corrected chi connectivity index (χ2v) is 14.3. The highest BCUT2D eigenvalue weighted by atomic mass is 32.1. The first kappa shape index (κ1) is 28.5. The molecule has 4 heteroatoms. The molecule has 3 heterocycles. The van der Waals surface area contributed by atoms with Crippen LogP contribution in [0.25, 0.3) is 65.2 Å². The van der Waals surface area contributed by atoms with Crippen LogP contribution in [0.3, 0.4) is 0 Å². The minimum atomic E-state index is -0.549. The Balaban J connectivity index is 1.20. The van der Waals surface area contributed by atoms with Gasteiger partial charge in [-0.05, 0) is 63.7 Å². The minimum Gasteiger partial charge on any atom is -0.457 e. The van der Waals surface area contributed by atoms with Gasteiger partial charge in [-0.3, -0.25) is 0 Å². The van der Waals surface area contributed by atoms with E-state index in [-0.39, 0.29) is 0 Å². The normalized spacial score (nSPS) is 13.4. The third-order valence-corrected chi connectivity index (χ3v) is 11.7. The molecule has 1 aliphatic heterocycles. The molecule has 0 bridgehead atoms. The van der Waals surface area contributed by atoms with Crippen molar-refractivity contribution in [3.63, 3.8) is 0 Å². The zero-order valence-electron chi connectivity index (χ0n) is 27.4. The SMILES string of the molecule is c1ccc(-c2cccc(-c3nc(-c4ccc5c(c4)C4(c6ccccc6Oc6ccccc64)c4ccccc4-5)c4sc5ccccc5c4n3)c2)cc1. The smallest absolute Gasteiger partial charge is 0.160 e. The Morgan fingerprint density at radius 3 is 1.92 bits per heavy atom. The van der Waals surface area contributed by atoms with E-state index in [1.54, 1.807) is 11.3 Å². The van der Waals surface area contributed by atoms with Gasteiger partial charge in [-0.15, -0.1) is 11.3 Å². The maximum atomic E-state index is 6.59. The molecule has 2 aromatic heterocycles. The van der Waals surface area contributed by atoms with Crippen molar-refractivity contribution in [1.82, 2.24) is 9.97 Å². The van der Waals surface area contributed by atoms with E-state index in [0.717, 1.165) is 66.4 Å². The van der Waals surface area contributed by atoms with Crippen LogP contribution in [-0.2, 0) is 5.41 Å². The van der Waals surface area contributed by atoms with Crippen molar-refractivity contribution >= 4 is 31.6 Å². The lowest BCUT2D eigenvalue weighted by Crippen LogP contribution is -2.32. The summed E-state index contributed by atoms with van der Waals surface area (Å²) in [6, 6.07) is 60.5. The van der Waals surface area contributed by atoms with Crippen LogP contribution in [0.4, 0.5) is 0 Å². The van der Waals surface area contributed by atoms with Gasteiger partial charge >= 0.3 is 0 Å². The number of aromatic nitrogens is 2. The Labute approximate surface area is 299 Å². The zero-order valence-corrected chi connectivity index (χ0v) is 28.2. The van der Waals surface area contributed by atoms with Crippen molar-refractivity contribution in [2.75, 3.05) is 0 Å². The molecular formula is C47H28N2OS. The second kappa shape index (κ2) is 10.8. The Morgan fingerprint density at radius 1 is 0.451 bits per heavy atom. The number of ether oxygens (including phenoxy) is 1. The maximum Gasteiger partial charge on any atom is 0.160 e. The molecular weight excluding hydrogens is 641 g/mol. The first-order valence-corrected chi connectivity index (χ1v) is 18.1. The van der Waals surface area contributed by atoms with Crippen molar-refractivity contribution in [3.05, 3.63) is 192 Å². The quantitative estimate of drug-likeness (QED) is 0.188. The summed E-state index contributed by atoms with van der Waals surface area (Å²) in [6.45, 7) is 0. The molecule has 1 aliphatic carbocycles. The monoisotopic (exact) mass is 668 g/mol. The van der Waals surface area contributed by atoms with E-state index in [1.807, 2.05) is 0 Å². The van der Waals surface area contributed by atoms with E-state index >= 15 is 0 Å². The average molecular weight is 669 g/mol. The zero-order chi connectivity index (χ0) is 33.5. The van der Waals surface area contributed by atoms with Gasteiger partial charge in [-0.1, -0.05) is 140 Å². The van der Waals surface area contributed by atoms with Gasteiger partial charge < -0.3 is 4.74 Å². The molecule has 0 unspecified atom stereocenters. The summed E-state index contributed by atoms with van der Waals surface area (Å²) < 4.78 is 8.89. The van der Waals surface area contributed by atoms with E-state index in [1.165, 1.54) is 32.5 Å². The van der Waals surface area contributed by atoms with Gasteiger partial charge in [0.15, 0.2) is 5.82 Å². The Kier molecular flexibility index (Phi) is 6.04. The maximum absolute atomic E-state index is 6.59. The van der Waals surface area contributed by atoms with Crippen molar-refractivity contribution in [2.24, 2.45) is 0 Å². The largest absolute Gasteiger partial charge is 0.457 e. The minimum absolute atomic E-state index is 0.549. The summed E-state index contributed by atoms with van der Waals surface area (Å²) in [5, 5.41) is 1.15. The summed E-state index contributed by atoms with van der Waals surface area (Å²) in [5.74, 6) is 2.50. The van der Waals surface area contributed by atoms with Gasteiger partial charge in [0.25, 0.3) is 0 Å². The predicted octanol–water partition coefficient (Wildman–Crippen LogP) is 12.3. The number of hydrogen-bond donors (Lipinski definition) is 0. The summed E-state index contributed by atoms with van der Waals surface area (Å²) in [6.07, 6.45) is 0. The third kappa shape index (κ3) is 4.05. The van der Waals surface area contributed by atoms with Gasteiger partial charge in [0.1, 0.15) is 11.5 Å². The third-order valence-electron chi connectivity index (χ3n) is 10.6. The molecule has 0 amide bonds. The standard InChI is InChI=1S/C47H28N2OS/c1-2-13-29(14-3-1)30-15-12-16-32(27-30)46-48-43(45-44(49-46)35-18-5-11-24-42(35)51-45)31-25-26-34-33-17-4-6-19-36(33)47(39(34)28-31)37-20-7-9-22-40(37)50-41-23-10-8-21-38(41)47/h1-28H. The molecule has 51 heavy (non-hydrogen) atoms. The van der Waals surface area contributed by atoms with Crippen LogP contribution in [0.5, 0.6) is 11.5 Å². The van der Waals surface area contributed by atoms with E-state index in [0.29, 0.717) is 0 Å². The molecule has 0 N–H and O–H groups in total. The van der Waals surface area contributed by atoms with E-state index < -0.39 is 5.41 Å². The lowest BCUT2D eigenvalue weighted by molar-refractivity contribution is 0.436. The molecule has 0 saturated carbocycles. The molecule has 7 aromatic carbocycles. The summed E-state index contributed by atoms with van der Waals surface area (Å²) in [7, 11) is 0. The van der Waals surface area contributed by atoms with Gasteiger partial charge in [0.05, 0.1) is 21.3 Å². The van der Waals surface area contributed by atoms with Crippen molar-refractivity contribution in [3.8, 4) is 56.4 Å². The Bertz CT molecular complexity index is 2810. The number of benzene rings is 7. The molecule has 9 aromatic rings. The lowest BCUT2D eigenvalue weighted by atomic mass is 9.66. The molecule has 0 saturated heterocycles. The highest BCUT2D eigenvalue weighted by molar-refractivity contribution is 7.26. The first-order valence-electron chi connectivity index (χ1n) is 17.2. The number of nitrogens with zero attached hydrogens (tertiary/aromatic N) is 2. The molecule has 2 aliphatic rings. The summed E-state index contributed by atoms with van der Waals surface area (Å²) in [4.78, 5) is 10.7. The van der Waals surface area contributed by atoms with Crippen molar-refractivity contribution < 1.29 is 4.74 Å².